The van der Waals surface area contributed by atoms with Gasteiger partial charge < -0.3 is 14.6 Å². The number of ether oxygens (including phenoxy) is 1. The van der Waals surface area contributed by atoms with Crippen molar-refractivity contribution in [1.29, 1.82) is 0 Å². The highest BCUT2D eigenvalue weighted by Crippen LogP contribution is 2.20. The second-order valence-electron chi connectivity index (χ2n) is 8.43. The number of imidazole rings is 1. The fraction of sp³-hybridized carbons (Fsp3) is 0.185. The number of H-pyrrole nitrogens is 1. The molecule has 0 atom stereocenters. The van der Waals surface area contributed by atoms with Crippen molar-refractivity contribution in [2.75, 3.05) is 26.3 Å². The monoisotopic (exact) mass is 462 g/mol. The summed E-state index contributed by atoms with van der Waals surface area (Å²) in [5, 5.41) is 5.82. The molecule has 0 bridgehead atoms. The Balaban J connectivity index is 1.29. The first kappa shape index (κ1) is 21.1. The largest absolute Gasteiger partial charge is 0.378 e. The Bertz CT molecular complexity index is 1610. The smallest absolute Gasteiger partial charge is 0.254 e. The summed E-state index contributed by atoms with van der Waals surface area (Å²) in [6, 6.07) is 15.4. The number of aromatic amines is 1. The Morgan fingerprint density at radius 3 is 2.71 bits per heavy atom. The molecule has 0 saturated carbocycles. The maximum Gasteiger partial charge on any atom is 0.254 e. The number of nitrogens with one attached hydrogen (secondary N) is 1. The van der Waals surface area contributed by atoms with Gasteiger partial charge in [0.15, 0.2) is 5.65 Å². The summed E-state index contributed by atoms with van der Waals surface area (Å²) in [4.78, 5) is 26.7. The van der Waals surface area contributed by atoms with Crippen LogP contribution < -0.4 is 0 Å². The fourth-order valence-corrected chi connectivity index (χ4v) is 4.18. The molecule has 8 heteroatoms. The number of aryl methyl sites for hydroxylation is 1. The van der Waals surface area contributed by atoms with Gasteiger partial charge in [0.1, 0.15) is 17.0 Å². The molecule has 1 N–H and O–H groups in total. The lowest BCUT2D eigenvalue weighted by molar-refractivity contribution is 0.0303. The molecule has 1 aliphatic heterocycles. The summed E-state index contributed by atoms with van der Waals surface area (Å²) in [5.74, 6) is 6.36. The maximum atomic E-state index is 12.7. The van der Waals surface area contributed by atoms with Gasteiger partial charge in [0.05, 0.1) is 25.1 Å². The van der Waals surface area contributed by atoms with Crippen molar-refractivity contribution in [1.82, 2.24) is 29.5 Å². The van der Waals surface area contributed by atoms with Crippen LogP contribution in [-0.4, -0.2) is 61.7 Å². The topological polar surface area (TPSA) is 88.4 Å². The molecular weight excluding hydrogens is 440 g/mol. The second-order valence-corrected chi connectivity index (χ2v) is 8.43. The third-order valence-electron chi connectivity index (χ3n) is 6.12. The van der Waals surface area contributed by atoms with Crippen LogP contribution in [0.25, 0.3) is 27.9 Å². The molecule has 5 heterocycles. The number of amides is 1. The van der Waals surface area contributed by atoms with Crippen molar-refractivity contribution in [2.24, 2.45) is 0 Å². The van der Waals surface area contributed by atoms with Crippen LogP contribution in [0, 0.1) is 18.8 Å². The summed E-state index contributed by atoms with van der Waals surface area (Å²) in [6.45, 7) is 4.41. The molecule has 8 nitrogen and oxygen atoms in total. The van der Waals surface area contributed by atoms with E-state index in [0.717, 1.165) is 27.9 Å². The van der Waals surface area contributed by atoms with Gasteiger partial charge in [-0.2, -0.15) is 5.10 Å². The van der Waals surface area contributed by atoms with E-state index in [1.165, 1.54) is 0 Å². The molecule has 1 amide bonds. The van der Waals surface area contributed by atoms with Gasteiger partial charge in [-0.1, -0.05) is 12.1 Å². The average Bonchev–Trinajstić information content (AvgIpc) is 3.53. The number of hydrogen-bond acceptors (Lipinski definition) is 5. The zero-order chi connectivity index (χ0) is 23.8. The van der Waals surface area contributed by atoms with Crippen LogP contribution in [0.4, 0.5) is 0 Å². The molecular formula is C27H22N6O2. The van der Waals surface area contributed by atoms with Crippen molar-refractivity contribution in [3.05, 3.63) is 83.4 Å². The van der Waals surface area contributed by atoms with E-state index in [0.29, 0.717) is 48.9 Å². The van der Waals surface area contributed by atoms with E-state index >= 15 is 0 Å². The van der Waals surface area contributed by atoms with Gasteiger partial charge in [0.25, 0.3) is 5.91 Å². The summed E-state index contributed by atoms with van der Waals surface area (Å²) in [5.41, 5.74) is 6.27. The van der Waals surface area contributed by atoms with Gasteiger partial charge in [-0.05, 0) is 60.7 Å². The fourth-order valence-electron chi connectivity index (χ4n) is 4.18. The minimum absolute atomic E-state index is 0.0249. The molecule has 1 fully saturated rings. The molecule has 4 aromatic heterocycles. The SMILES string of the molecule is Cc1cc2cc[nH]c2nc1C#Cc1cnc2ccc(-c3ccc(C(=O)N4CCOCC4)cc3)nn12. The Morgan fingerprint density at radius 1 is 1.06 bits per heavy atom. The van der Waals surface area contributed by atoms with Crippen LogP contribution in [0.3, 0.4) is 0 Å². The molecule has 1 saturated heterocycles. The van der Waals surface area contributed by atoms with E-state index in [2.05, 4.69) is 32.9 Å². The van der Waals surface area contributed by atoms with Crippen LogP contribution >= 0.6 is 0 Å². The van der Waals surface area contributed by atoms with Gasteiger partial charge in [0, 0.05) is 35.8 Å². The number of rotatable bonds is 2. The number of aromatic nitrogens is 5. The lowest BCUT2D eigenvalue weighted by Crippen LogP contribution is -2.40. The molecule has 172 valence electrons. The van der Waals surface area contributed by atoms with E-state index in [1.54, 1.807) is 10.7 Å². The summed E-state index contributed by atoms with van der Waals surface area (Å²) < 4.78 is 7.07. The molecule has 1 aromatic carbocycles. The number of hydrogen-bond donors (Lipinski definition) is 1. The van der Waals surface area contributed by atoms with Crippen molar-refractivity contribution >= 4 is 22.6 Å². The van der Waals surface area contributed by atoms with Crippen LogP contribution in [0.2, 0.25) is 0 Å². The molecule has 0 unspecified atom stereocenters. The minimum atomic E-state index is 0.0249. The van der Waals surface area contributed by atoms with Crippen molar-refractivity contribution in [3.63, 3.8) is 0 Å². The highest BCUT2D eigenvalue weighted by atomic mass is 16.5. The highest BCUT2D eigenvalue weighted by molar-refractivity contribution is 5.94. The van der Waals surface area contributed by atoms with E-state index in [-0.39, 0.29) is 5.91 Å². The number of benzene rings is 1. The predicted molar refractivity (Wildman–Crippen MR) is 132 cm³/mol. The van der Waals surface area contributed by atoms with Crippen molar-refractivity contribution in [2.45, 2.75) is 6.92 Å². The average molecular weight is 463 g/mol. The summed E-state index contributed by atoms with van der Waals surface area (Å²) >= 11 is 0. The Morgan fingerprint density at radius 2 is 1.89 bits per heavy atom. The van der Waals surface area contributed by atoms with Gasteiger partial charge in [-0.25, -0.2) is 14.5 Å². The van der Waals surface area contributed by atoms with Crippen molar-refractivity contribution < 1.29 is 9.53 Å². The zero-order valence-corrected chi connectivity index (χ0v) is 19.2. The zero-order valence-electron chi connectivity index (χ0n) is 19.2. The second kappa shape index (κ2) is 8.70. The molecule has 0 aliphatic carbocycles. The van der Waals surface area contributed by atoms with E-state index in [9.17, 15) is 4.79 Å². The van der Waals surface area contributed by atoms with E-state index in [1.807, 2.05) is 60.5 Å². The normalized spacial score (nSPS) is 13.7. The van der Waals surface area contributed by atoms with E-state index in [4.69, 9.17) is 9.84 Å². The Labute approximate surface area is 201 Å². The Hall–Kier alpha value is -4.48. The first-order chi connectivity index (χ1) is 17.2. The first-order valence-corrected chi connectivity index (χ1v) is 11.4. The number of morpholine rings is 1. The van der Waals surface area contributed by atoms with Crippen LogP contribution in [0.15, 0.2) is 60.9 Å². The van der Waals surface area contributed by atoms with Crippen molar-refractivity contribution in [3.8, 4) is 23.1 Å². The number of nitrogens with zero attached hydrogens (tertiary/aromatic N) is 5. The van der Waals surface area contributed by atoms with Crippen LogP contribution in [-0.2, 0) is 4.74 Å². The summed E-state index contributed by atoms with van der Waals surface area (Å²) in [7, 11) is 0. The van der Waals surface area contributed by atoms with Gasteiger partial charge in [-0.3, -0.25) is 4.79 Å². The van der Waals surface area contributed by atoms with E-state index < -0.39 is 0 Å². The lowest BCUT2D eigenvalue weighted by atomic mass is 10.1. The number of fused-ring (bicyclic) bond motifs is 2. The Kier molecular flexibility index (Phi) is 5.24. The van der Waals surface area contributed by atoms with Crippen LogP contribution in [0.5, 0.6) is 0 Å². The summed E-state index contributed by atoms with van der Waals surface area (Å²) in [6.07, 6.45) is 3.58. The number of carbonyl (C=O) groups is 1. The molecule has 0 spiro atoms. The molecule has 1 aliphatic rings. The standard InChI is InChI=1S/C27H22N6O2/c1-18-16-21-10-11-28-26(21)30-23(18)7-6-22-17-29-25-9-8-24(31-33(22)25)19-2-4-20(5-3-19)27(34)32-12-14-35-15-13-32/h2-5,8-11,16-17H,12-15H2,1H3,(H,28,30). The molecule has 5 aromatic rings. The molecule has 35 heavy (non-hydrogen) atoms. The third kappa shape index (κ3) is 4.03. The van der Waals surface area contributed by atoms with Gasteiger partial charge in [0.2, 0.25) is 0 Å². The van der Waals surface area contributed by atoms with Gasteiger partial charge in [-0.15, -0.1) is 0 Å². The third-order valence-corrected chi connectivity index (χ3v) is 6.12. The number of carbonyl (C=O) groups excluding carboxylic acids is 1. The minimum Gasteiger partial charge on any atom is -0.378 e. The molecule has 0 radical (unpaired) electrons. The lowest BCUT2D eigenvalue weighted by Gasteiger charge is -2.26. The predicted octanol–water partition coefficient (Wildman–Crippen LogP) is 3.45. The number of pyridine rings is 1. The highest BCUT2D eigenvalue weighted by Gasteiger charge is 2.18. The maximum absolute atomic E-state index is 12.7. The van der Waals surface area contributed by atoms with Gasteiger partial charge >= 0.3 is 0 Å². The van der Waals surface area contributed by atoms with Crippen LogP contribution in [0.1, 0.15) is 27.3 Å². The molecule has 6 rings (SSSR count). The first-order valence-electron chi connectivity index (χ1n) is 11.4. The quantitative estimate of drug-likeness (QED) is 0.406.